The van der Waals surface area contributed by atoms with E-state index in [0.717, 1.165) is 45.1 Å². The minimum absolute atomic E-state index is 0.0604. The van der Waals surface area contributed by atoms with Crippen molar-refractivity contribution < 1.29 is 9.59 Å². The molecule has 6 atom stereocenters. The Morgan fingerprint density at radius 1 is 0.947 bits per heavy atom. The fourth-order valence-electron chi connectivity index (χ4n) is 9.65. The molecular formula is C34H48N2O2. The van der Waals surface area contributed by atoms with Gasteiger partial charge in [-0.2, -0.15) is 0 Å². The summed E-state index contributed by atoms with van der Waals surface area (Å²) in [6, 6.07) is 9.11. The second kappa shape index (κ2) is 8.96. The third-order valence-electron chi connectivity index (χ3n) is 12.0. The average molecular weight is 517 g/mol. The topological polar surface area (TPSA) is 58.2 Å². The van der Waals surface area contributed by atoms with Gasteiger partial charge in [0.05, 0.1) is 5.54 Å². The monoisotopic (exact) mass is 516 g/mol. The zero-order valence-corrected chi connectivity index (χ0v) is 24.3. The minimum atomic E-state index is -0.215. The smallest absolute Gasteiger partial charge is 0.224 e. The van der Waals surface area contributed by atoms with Crippen molar-refractivity contribution in [1.82, 2.24) is 10.6 Å². The largest absolute Gasteiger partial charge is 0.387 e. The number of fused-ring (bicyclic) bond motifs is 5. The molecule has 38 heavy (non-hydrogen) atoms. The van der Waals surface area contributed by atoms with Gasteiger partial charge < -0.3 is 10.6 Å². The SMILES string of the molecule is CC(C)(C)c1ccc(C2(NC(=O)C3CC[C@H]4[C@@H]5CNC6=CC(=O)CC[C@]6(C)[C@@H]5CC[C@]34C)CCCC2)cc1. The Kier molecular flexibility index (Phi) is 6.16. The number of ketones is 1. The van der Waals surface area contributed by atoms with Crippen LogP contribution in [0.25, 0.3) is 0 Å². The number of amides is 1. The Morgan fingerprint density at radius 2 is 1.66 bits per heavy atom. The predicted octanol–water partition coefficient (Wildman–Crippen LogP) is 6.78. The van der Waals surface area contributed by atoms with Crippen LogP contribution in [-0.2, 0) is 20.5 Å². The van der Waals surface area contributed by atoms with Gasteiger partial charge in [0.15, 0.2) is 5.78 Å². The van der Waals surface area contributed by atoms with Crippen LogP contribution in [0.1, 0.15) is 110 Å². The maximum absolute atomic E-state index is 14.2. The van der Waals surface area contributed by atoms with Gasteiger partial charge in [-0.25, -0.2) is 0 Å². The van der Waals surface area contributed by atoms with Crippen molar-refractivity contribution in [2.75, 3.05) is 6.54 Å². The summed E-state index contributed by atoms with van der Waals surface area (Å²) < 4.78 is 0. The Morgan fingerprint density at radius 3 is 2.34 bits per heavy atom. The molecule has 5 aliphatic rings. The Balaban J connectivity index is 1.22. The van der Waals surface area contributed by atoms with Crippen LogP contribution >= 0.6 is 0 Å². The highest BCUT2D eigenvalue weighted by Crippen LogP contribution is 2.64. The van der Waals surface area contributed by atoms with Crippen LogP contribution in [-0.4, -0.2) is 18.2 Å². The van der Waals surface area contributed by atoms with Gasteiger partial charge in [0.25, 0.3) is 0 Å². The van der Waals surface area contributed by atoms with Gasteiger partial charge in [-0.1, -0.05) is 71.7 Å². The van der Waals surface area contributed by atoms with Crippen molar-refractivity contribution in [1.29, 1.82) is 0 Å². The summed E-state index contributed by atoms with van der Waals surface area (Å²) in [5, 5.41) is 7.40. The van der Waals surface area contributed by atoms with E-state index in [-0.39, 0.29) is 33.5 Å². The van der Waals surface area contributed by atoms with E-state index in [9.17, 15) is 9.59 Å². The van der Waals surface area contributed by atoms with Crippen molar-refractivity contribution in [2.45, 2.75) is 110 Å². The zero-order valence-electron chi connectivity index (χ0n) is 24.3. The highest BCUT2D eigenvalue weighted by Gasteiger charge is 2.60. The van der Waals surface area contributed by atoms with Crippen molar-refractivity contribution in [3.63, 3.8) is 0 Å². The Hall–Kier alpha value is -2.10. The van der Waals surface area contributed by atoms with Crippen LogP contribution in [0, 0.1) is 34.5 Å². The van der Waals surface area contributed by atoms with Crippen LogP contribution < -0.4 is 10.6 Å². The van der Waals surface area contributed by atoms with Crippen LogP contribution in [0.2, 0.25) is 0 Å². The van der Waals surface area contributed by atoms with Crippen molar-refractivity contribution in [2.24, 2.45) is 34.5 Å². The molecule has 1 saturated heterocycles. The number of nitrogens with one attached hydrogen (secondary N) is 2. The highest BCUT2D eigenvalue weighted by molar-refractivity contribution is 5.91. The molecule has 0 radical (unpaired) electrons. The molecule has 3 saturated carbocycles. The molecule has 1 aromatic carbocycles. The maximum atomic E-state index is 14.2. The molecule has 1 aromatic rings. The number of hydrogen-bond donors (Lipinski definition) is 2. The first kappa shape index (κ1) is 26.1. The van der Waals surface area contributed by atoms with Gasteiger partial charge in [-0.15, -0.1) is 0 Å². The van der Waals surface area contributed by atoms with Crippen molar-refractivity contribution in [3.8, 4) is 0 Å². The maximum Gasteiger partial charge on any atom is 0.224 e. The van der Waals surface area contributed by atoms with Crippen LogP contribution in [0.15, 0.2) is 36.0 Å². The first-order chi connectivity index (χ1) is 18.0. The van der Waals surface area contributed by atoms with Gasteiger partial charge in [-0.05, 0) is 84.7 Å². The number of benzene rings is 1. The number of piperidine rings is 1. The molecule has 206 valence electrons. The lowest BCUT2D eigenvalue weighted by molar-refractivity contribution is -0.134. The van der Waals surface area contributed by atoms with E-state index in [0.29, 0.717) is 30.1 Å². The lowest BCUT2D eigenvalue weighted by Gasteiger charge is -2.58. The van der Waals surface area contributed by atoms with Gasteiger partial charge >= 0.3 is 0 Å². The molecule has 4 fully saturated rings. The van der Waals surface area contributed by atoms with E-state index in [4.69, 9.17) is 0 Å². The molecule has 0 spiro atoms. The molecule has 2 N–H and O–H groups in total. The van der Waals surface area contributed by atoms with Gasteiger partial charge in [0.2, 0.25) is 5.91 Å². The zero-order chi connectivity index (χ0) is 26.9. The van der Waals surface area contributed by atoms with Crippen molar-refractivity contribution >= 4 is 11.7 Å². The first-order valence-electron chi connectivity index (χ1n) is 15.4. The number of carbonyl (C=O) groups is 2. The van der Waals surface area contributed by atoms with E-state index in [1.54, 1.807) is 0 Å². The molecule has 0 bridgehead atoms. The van der Waals surface area contributed by atoms with E-state index < -0.39 is 0 Å². The van der Waals surface area contributed by atoms with E-state index in [1.165, 1.54) is 36.1 Å². The molecule has 1 amide bonds. The predicted molar refractivity (Wildman–Crippen MR) is 152 cm³/mol. The molecule has 1 heterocycles. The van der Waals surface area contributed by atoms with Crippen molar-refractivity contribution in [3.05, 3.63) is 47.2 Å². The number of carbonyl (C=O) groups excluding carboxylic acids is 2. The van der Waals surface area contributed by atoms with E-state index in [2.05, 4.69) is 69.5 Å². The number of rotatable bonds is 3. The lowest BCUT2D eigenvalue weighted by Crippen LogP contribution is -2.57. The summed E-state index contributed by atoms with van der Waals surface area (Å²) in [5.41, 5.74) is 3.89. The number of hydrogen-bond acceptors (Lipinski definition) is 3. The lowest BCUT2D eigenvalue weighted by atomic mass is 9.50. The van der Waals surface area contributed by atoms with Gasteiger partial charge in [-0.3, -0.25) is 9.59 Å². The summed E-state index contributed by atoms with van der Waals surface area (Å²) in [7, 11) is 0. The van der Waals surface area contributed by atoms with E-state index in [1.807, 2.05) is 6.08 Å². The van der Waals surface area contributed by atoms with E-state index >= 15 is 0 Å². The van der Waals surface area contributed by atoms with Gasteiger partial charge in [0.1, 0.15) is 0 Å². The van der Waals surface area contributed by atoms with Crippen LogP contribution in [0.3, 0.4) is 0 Å². The minimum Gasteiger partial charge on any atom is -0.387 e. The van der Waals surface area contributed by atoms with Crippen LogP contribution in [0.5, 0.6) is 0 Å². The summed E-state index contributed by atoms with van der Waals surface area (Å²) in [5.74, 6) is 2.45. The molecule has 4 nitrogen and oxygen atoms in total. The third kappa shape index (κ3) is 3.99. The summed E-state index contributed by atoms with van der Waals surface area (Å²) in [6.07, 6.45) is 12.4. The summed E-state index contributed by atoms with van der Waals surface area (Å²) in [4.78, 5) is 26.3. The summed E-state index contributed by atoms with van der Waals surface area (Å²) >= 11 is 0. The fourth-order valence-corrected chi connectivity index (χ4v) is 9.65. The fraction of sp³-hybridized carbons (Fsp3) is 0.706. The third-order valence-corrected chi connectivity index (χ3v) is 12.0. The molecule has 1 aliphatic heterocycles. The average Bonchev–Trinajstić information content (AvgIpc) is 3.49. The second-order valence-electron chi connectivity index (χ2n) is 15.0. The highest BCUT2D eigenvalue weighted by atomic mass is 16.2. The Labute approximate surface area is 229 Å². The quantitative estimate of drug-likeness (QED) is 0.465. The van der Waals surface area contributed by atoms with Crippen LogP contribution in [0.4, 0.5) is 0 Å². The molecule has 4 heteroatoms. The standard InChI is InChI=1S/C34H48N2O2/c1-31(2,3)22-8-10-23(11-9-22)34(16-6-7-17-34)36-30(38)28-13-12-26-25-21-35-29-20-24(37)14-18-33(29,5)27(25)15-19-32(26,28)4/h8-11,20,25-28,35H,6-7,12-19,21H2,1-5H3,(H,36,38)/t25-,26-,27+,28?,32-,33+/m0/s1. The first-order valence-corrected chi connectivity index (χ1v) is 15.4. The molecule has 1 unspecified atom stereocenters. The Bertz CT molecular complexity index is 1140. The van der Waals surface area contributed by atoms with Gasteiger partial charge in [0, 0.05) is 36.1 Å². The molecule has 0 aromatic heterocycles. The molecular weight excluding hydrogens is 468 g/mol. The second-order valence-corrected chi connectivity index (χ2v) is 15.0. The molecule has 4 aliphatic carbocycles. The normalized spacial score (nSPS) is 37.9. The molecule has 6 rings (SSSR count). The number of allylic oxidation sites excluding steroid dienone is 2. The summed E-state index contributed by atoms with van der Waals surface area (Å²) in [6.45, 7) is 12.6.